The minimum absolute atomic E-state index is 0.0207. The predicted octanol–water partition coefficient (Wildman–Crippen LogP) is 2.22. The molecule has 0 unspecified atom stereocenters. The molecule has 0 aromatic carbocycles. The van der Waals surface area contributed by atoms with Gasteiger partial charge in [0.25, 0.3) is 5.89 Å². The molecule has 1 aliphatic rings. The van der Waals surface area contributed by atoms with Crippen molar-refractivity contribution in [1.82, 2.24) is 20.0 Å². The van der Waals surface area contributed by atoms with E-state index in [0.717, 1.165) is 18.4 Å². The van der Waals surface area contributed by atoms with Gasteiger partial charge >= 0.3 is 0 Å². The maximum absolute atomic E-state index is 11.9. The van der Waals surface area contributed by atoms with Crippen LogP contribution in [0.4, 0.5) is 0 Å². The van der Waals surface area contributed by atoms with Crippen molar-refractivity contribution in [2.24, 2.45) is 0 Å². The molecule has 0 saturated carbocycles. The Morgan fingerprint density at radius 2 is 2.08 bits per heavy atom. The van der Waals surface area contributed by atoms with Gasteiger partial charge in [0.05, 0.1) is 6.10 Å². The van der Waals surface area contributed by atoms with Crippen molar-refractivity contribution in [3.05, 3.63) is 42.6 Å². The van der Waals surface area contributed by atoms with E-state index in [-0.39, 0.29) is 18.6 Å². The van der Waals surface area contributed by atoms with Gasteiger partial charge in [0.1, 0.15) is 6.61 Å². The van der Waals surface area contributed by atoms with Gasteiger partial charge in [0.2, 0.25) is 11.7 Å². The standard InChI is InChI=1S/C17H20N4O3/c1-12(2)17(22)21-9-5-14(6-10-21)23-11-15-19-16(20-24-15)13-3-7-18-8-4-13/h3-4,7-8,14H,1,5-6,9-11H2,2H3. The number of hydrogen-bond acceptors (Lipinski definition) is 6. The number of hydrogen-bond donors (Lipinski definition) is 0. The van der Waals surface area contributed by atoms with Crippen LogP contribution in [0.25, 0.3) is 11.4 Å². The second kappa shape index (κ2) is 7.35. The Morgan fingerprint density at radius 3 is 2.75 bits per heavy atom. The van der Waals surface area contributed by atoms with E-state index in [9.17, 15) is 4.79 Å². The number of piperidine rings is 1. The molecule has 3 heterocycles. The molecule has 0 N–H and O–H groups in total. The van der Waals surface area contributed by atoms with Crippen molar-refractivity contribution in [3.8, 4) is 11.4 Å². The van der Waals surface area contributed by atoms with Crippen LogP contribution < -0.4 is 0 Å². The lowest BCUT2D eigenvalue weighted by molar-refractivity contribution is -0.129. The molecule has 7 nitrogen and oxygen atoms in total. The number of amides is 1. The number of aromatic nitrogens is 3. The summed E-state index contributed by atoms with van der Waals surface area (Å²) in [6.45, 7) is 7.08. The molecule has 0 radical (unpaired) electrons. The van der Waals surface area contributed by atoms with E-state index in [0.29, 0.717) is 30.4 Å². The smallest absolute Gasteiger partial charge is 0.252 e. The van der Waals surface area contributed by atoms with Gasteiger partial charge in [-0.15, -0.1) is 0 Å². The first-order valence-electron chi connectivity index (χ1n) is 7.93. The molecule has 7 heteroatoms. The lowest BCUT2D eigenvalue weighted by atomic mass is 10.1. The van der Waals surface area contributed by atoms with Gasteiger partial charge in [-0.25, -0.2) is 0 Å². The first kappa shape index (κ1) is 16.3. The summed E-state index contributed by atoms with van der Waals surface area (Å²) in [5, 5.41) is 3.95. The summed E-state index contributed by atoms with van der Waals surface area (Å²) in [6.07, 6.45) is 5.05. The monoisotopic (exact) mass is 328 g/mol. The summed E-state index contributed by atoms with van der Waals surface area (Å²) in [7, 11) is 0. The zero-order chi connectivity index (χ0) is 16.9. The summed E-state index contributed by atoms with van der Waals surface area (Å²) in [4.78, 5) is 22.0. The number of carbonyl (C=O) groups excluding carboxylic acids is 1. The fraction of sp³-hybridized carbons (Fsp3) is 0.412. The number of nitrogens with zero attached hydrogens (tertiary/aromatic N) is 4. The Balaban J connectivity index is 1.48. The summed E-state index contributed by atoms with van der Waals surface area (Å²) in [5.74, 6) is 0.993. The maximum Gasteiger partial charge on any atom is 0.252 e. The molecule has 0 spiro atoms. The molecule has 126 valence electrons. The first-order chi connectivity index (χ1) is 11.6. The van der Waals surface area contributed by atoms with Gasteiger partial charge in [-0.3, -0.25) is 9.78 Å². The Hall–Kier alpha value is -2.54. The third kappa shape index (κ3) is 3.86. The zero-order valence-electron chi connectivity index (χ0n) is 13.6. The second-order valence-electron chi connectivity index (χ2n) is 5.83. The molecule has 24 heavy (non-hydrogen) atoms. The number of ether oxygens (including phenoxy) is 1. The fourth-order valence-corrected chi connectivity index (χ4v) is 2.62. The Bertz CT molecular complexity index is 706. The maximum atomic E-state index is 11.9. The molecule has 2 aromatic rings. The van der Waals surface area contributed by atoms with E-state index >= 15 is 0 Å². The Kier molecular flexibility index (Phi) is 5.00. The molecule has 3 rings (SSSR count). The minimum Gasteiger partial charge on any atom is -0.368 e. The van der Waals surface area contributed by atoms with Crippen LogP contribution in [0.3, 0.4) is 0 Å². The van der Waals surface area contributed by atoms with Gasteiger partial charge < -0.3 is 14.2 Å². The molecule has 0 atom stereocenters. The van der Waals surface area contributed by atoms with Crippen LogP contribution in [0.5, 0.6) is 0 Å². The van der Waals surface area contributed by atoms with Crippen LogP contribution in [0.15, 0.2) is 41.2 Å². The quantitative estimate of drug-likeness (QED) is 0.783. The average molecular weight is 328 g/mol. The van der Waals surface area contributed by atoms with E-state index in [4.69, 9.17) is 9.26 Å². The van der Waals surface area contributed by atoms with Crippen LogP contribution in [0.1, 0.15) is 25.7 Å². The summed E-state index contributed by atoms with van der Waals surface area (Å²) in [6, 6.07) is 3.65. The topological polar surface area (TPSA) is 81.4 Å². The Labute approximate surface area is 140 Å². The second-order valence-corrected chi connectivity index (χ2v) is 5.83. The van der Waals surface area contributed by atoms with Crippen LogP contribution in [0, 0.1) is 0 Å². The van der Waals surface area contributed by atoms with Gasteiger partial charge in [0, 0.05) is 36.6 Å². The van der Waals surface area contributed by atoms with Crippen molar-refractivity contribution in [3.63, 3.8) is 0 Å². The molecule has 1 saturated heterocycles. The van der Waals surface area contributed by atoms with Crippen LogP contribution in [-0.4, -0.2) is 45.1 Å². The molecule has 0 aliphatic carbocycles. The number of pyridine rings is 1. The van der Waals surface area contributed by atoms with Crippen molar-refractivity contribution in [2.45, 2.75) is 32.5 Å². The normalized spacial score (nSPS) is 15.5. The van der Waals surface area contributed by atoms with Crippen molar-refractivity contribution in [2.75, 3.05) is 13.1 Å². The van der Waals surface area contributed by atoms with Gasteiger partial charge in [-0.2, -0.15) is 4.98 Å². The zero-order valence-corrected chi connectivity index (χ0v) is 13.6. The number of rotatable bonds is 5. The largest absolute Gasteiger partial charge is 0.368 e. The average Bonchev–Trinajstić information content (AvgIpc) is 3.09. The summed E-state index contributed by atoms with van der Waals surface area (Å²) in [5.41, 5.74) is 1.43. The highest BCUT2D eigenvalue weighted by Gasteiger charge is 2.24. The van der Waals surface area contributed by atoms with Gasteiger partial charge in [-0.1, -0.05) is 11.7 Å². The highest BCUT2D eigenvalue weighted by molar-refractivity contribution is 5.92. The van der Waals surface area contributed by atoms with Crippen LogP contribution in [0.2, 0.25) is 0 Å². The molecular weight excluding hydrogens is 308 g/mol. The minimum atomic E-state index is 0.0207. The van der Waals surface area contributed by atoms with E-state index in [1.165, 1.54) is 0 Å². The summed E-state index contributed by atoms with van der Waals surface area (Å²) < 4.78 is 11.1. The SMILES string of the molecule is C=C(C)C(=O)N1CCC(OCc2nc(-c3ccncc3)no2)CC1. The third-order valence-corrected chi connectivity index (χ3v) is 3.94. The lowest BCUT2D eigenvalue weighted by Crippen LogP contribution is -2.41. The van der Waals surface area contributed by atoms with Crippen molar-refractivity contribution >= 4 is 5.91 Å². The molecule has 1 aliphatic heterocycles. The van der Waals surface area contributed by atoms with E-state index in [1.54, 1.807) is 19.3 Å². The molecule has 1 amide bonds. The number of likely N-dealkylation sites (tertiary alicyclic amines) is 1. The predicted molar refractivity (Wildman–Crippen MR) is 86.7 cm³/mol. The van der Waals surface area contributed by atoms with E-state index in [2.05, 4.69) is 21.7 Å². The lowest BCUT2D eigenvalue weighted by Gasteiger charge is -2.31. The number of carbonyl (C=O) groups is 1. The van der Waals surface area contributed by atoms with Crippen LogP contribution in [-0.2, 0) is 16.1 Å². The summed E-state index contributed by atoms with van der Waals surface area (Å²) >= 11 is 0. The van der Waals surface area contributed by atoms with E-state index < -0.39 is 0 Å². The van der Waals surface area contributed by atoms with Crippen molar-refractivity contribution < 1.29 is 14.1 Å². The highest BCUT2D eigenvalue weighted by atomic mass is 16.5. The fourth-order valence-electron chi connectivity index (χ4n) is 2.62. The molecule has 1 fully saturated rings. The Morgan fingerprint density at radius 1 is 1.38 bits per heavy atom. The van der Waals surface area contributed by atoms with Crippen molar-refractivity contribution in [1.29, 1.82) is 0 Å². The first-order valence-corrected chi connectivity index (χ1v) is 7.93. The molecule has 0 bridgehead atoms. The molecule has 2 aromatic heterocycles. The highest BCUT2D eigenvalue weighted by Crippen LogP contribution is 2.18. The third-order valence-electron chi connectivity index (χ3n) is 3.94. The van der Waals surface area contributed by atoms with Gasteiger partial charge in [-0.05, 0) is 31.9 Å². The van der Waals surface area contributed by atoms with Gasteiger partial charge in [0.15, 0.2) is 0 Å². The van der Waals surface area contributed by atoms with E-state index in [1.807, 2.05) is 17.0 Å². The molecular formula is C17H20N4O3. The van der Waals surface area contributed by atoms with Crippen LogP contribution >= 0.6 is 0 Å².